The average Bonchev–Trinajstić information content (AvgIpc) is 1.40. The van der Waals surface area contributed by atoms with Crippen LogP contribution in [-0.2, 0) is 65.4 Å². The molecule has 0 bridgehead atoms. The van der Waals surface area contributed by atoms with Crippen LogP contribution in [0.25, 0.3) is 0 Å². The third kappa shape index (κ3) is 70.5. The number of phosphoric ester groups is 2. The molecule has 0 amide bonds. The van der Waals surface area contributed by atoms with Crippen molar-refractivity contribution < 1.29 is 80.2 Å². The van der Waals surface area contributed by atoms with Crippen molar-refractivity contribution in [1.29, 1.82) is 0 Å². The van der Waals surface area contributed by atoms with Gasteiger partial charge in [-0.15, -0.1) is 0 Å². The second kappa shape index (κ2) is 68.8. The highest BCUT2D eigenvalue weighted by atomic mass is 31.2. The van der Waals surface area contributed by atoms with Gasteiger partial charge in [0.1, 0.15) is 19.3 Å². The van der Waals surface area contributed by atoms with E-state index in [1.54, 1.807) is 0 Å². The van der Waals surface area contributed by atoms with Crippen LogP contribution in [-0.4, -0.2) is 96.7 Å². The zero-order valence-corrected chi connectivity index (χ0v) is 64.5. The Kier molecular flexibility index (Phi) is 67.4. The molecule has 0 aliphatic carbocycles. The fourth-order valence-electron chi connectivity index (χ4n) is 11.8. The lowest BCUT2D eigenvalue weighted by atomic mass is 10.0. The van der Waals surface area contributed by atoms with Crippen LogP contribution in [0.4, 0.5) is 0 Å². The summed E-state index contributed by atoms with van der Waals surface area (Å²) in [6.07, 6.45) is 56.9. The summed E-state index contributed by atoms with van der Waals surface area (Å²) in [5, 5.41) is 10.6. The lowest BCUT2D eigenvalue weighted by molar-refractivity contribution is -0.161. The van der Waals surface area contributed by atoms with Crippen LogP contribution < -0.4 is 0 Å². The molecule has 0 aliphatic rings. The number of carbonyl (C=O) groups is 4. The van der Waals surface area contributed by atoms with Gasteiger partial charge in [-0.05, 0) is 37.5 Å². The van der Waals surface area contributed by atoms with Crippen molar-refractivity contribution in [1.82, 2.24) is 0 Å². The summed E-state index contributed by atoms with van der Waals surface area (Å²) in [6.45, 7) is 9.54. The maximum Gasteiger partial charge on any atom is 0.472 e. The summed E-state index contributed by atoms with van der Waals surface area (Å²) >= 11 is 0. The normalized spacial score (nSPS) is 14.0. The molecule has 0 saturated carbocycles. The van der Waals surface area contributed by atoms with E-state index in [-0.39, 0.29) is 25.7 Å². The number of ether oxygens (including phenoxy) is 4. The molecular weight excluding hydrogens is 1260 g/mol. The molecule has 0 fully saturated rings. The predicted molar refractivity (Wildman–Crippen MR) is 391 cm³/mol. The zero-order valence-electron chi connectivity index (χ0n) is 62.7. The number of carbonyl (C=O) groups excluding carboxylic acids is 4. The Labute approximate surface area is 588 Å². The monoisotopic (exact) mass is 1410 g/mol. The highest BCUT2D eigenvalue weighted by Crippen LogP contribution is 2.45. The largest absolute Gasteiger partial charge is 0.472 e. The molecule has 0 saturated heterocycles. The summed E-state index contributed by atoms with van der Waals surface area (Å²) in [7, 11) is -9.91. The Balaban J connectivity index is 5.24. The van der Waals surface area contributed by atoms with Crippen LogP contribution in [0.1, 0.15) is 401 Å². The predicted octanol–water partition coefficient (Wildman–Crippen LogP) is 22.7. The minimum Gasteiger partial charge on any atom is -0.462 e. The van der Waals surface area contributed by atoms with Crippen LogP contribution in [0.15, 0.2) is 0 Å². The fourth-order valence-corrected chi connectivity index (χ4v) is 13.4. The van der Waals surface area contributed by atoms with E-state index in [1.165, 1.54) is 212 Å². The molecule has 0 heterocycles. The lowest BCUT2D eigenvalue weighted by Gasteiger charge is -2.21. The molecule has 0 rings (SSSR count). The number of aliphatic hydroxyl groups excluding tert-OH is 1. The van der Waals surface area contributed by atoms with Gasteiger partial charge in [0.2, 0.25) is 0 Å². The maximum atomic E-state index is 13.1. The number of aliphatic hydroxyl groups is 1. The molecule has 0 aromatic carbocycles. The summed E-state index contributed by atoms with van der Waals surface area (Å²) in [4.78, 5) is 72.9. The van der Waals surface area contributed by atoms with Crippen LogP contribution in [0.5, 0.6) is 0 Å². The van der Waals surface area contributed by atoms with E-state index in [9.17, 15) is 43.2 Å². The molecule has 0 spiro atoms. The van der Waals surface area contributed by atoms with Crippen molar-refractivity contribution in [2.45, 2.75) is 419 Å². The lowest BCUT2D eigenvalue weighted by Crippen LogP contribution is -2.30. The molecule has 0 aromatic heterocycles. The standard InChI is InChI=1S/C77H150O17P2/c1-7-9-11-13-15-17-19-21-23-25-27-29-31-36-42-49-55-61-76(81)93-72(65-87-74(79)59-53-47-41-35-30-28-26-24-22-20-18-16-14-12-10-8-2)67-91-95(83,84)89-63-71(78)64-90-96(85,86)92-68-73(66-88-75(80)60-54-48-44-38-40-46-52-58-70(5)6)94-77(82)62-56-50-43-37-33-32-34-39-45-51-57-69(3)4/h69-73,78H,7-68H2,1-6H3,(H,83,84)(H,85,86)/t71-,72-,73-/m1/s1. The van der Waals surface area contributed by atoms with E-state index in [1.807, 2.05) is 0 Å². The Morgan fingerprint density at radius 1 is 0.281 bits per heavy atom. The summed E-state index contributed by atoms with van der Waals surface area (Å²) in [5.74, 6) is -0.657. The van der Waals surface area contributed by atoms with Crippen molar-refractivity contribution in [2.75, 3.05) is 39.6 Å². The summed E-state index contributed by atoms with van der Waals surface area (Å²) in [6, 6.07) is 0. The molecular formula is C77H150O17P2. The van der Waals surface area contributed by atoms with Gasteiger partial charge in [-0.25, -0.2) is 9.13 Å². The molecule has 570 valence electrons. The van der Waals surface area contributed by atoms with Crippen LogP contribution in [0, 0.1) is 11.8 Å². The third-order valence-corrected chi connectivity index (χ3v) is 19.9. The number of rotatable bonds is 76. The topological polar surface area (TPSA) is 237 Å². The fraction of sp³-hybridized carbons (Fsp3) is 0.948. The molecule has 19 heteroatoms. The van der Waals surface area contributed by atoms with Gasteiger partial charge in [-0.3, -0.25) is 37.3 Å². The SMILES string of the molecule is CCCCCCCCCCCCCCCCCCCC(=O)O[C@H](COC(=O)CCCCCCCCCCCCCCCCCC)COP(=O)(O)OC[C@@H](O)COP(=O)(O)OC[C@@H](COC(=O)CCCCCCCCCC(C)C)OC(=O)CCCCCCCCCCCCC(C)C. The van der Waals surface area contributed by atoms with Gasteiger partial charge in [0.25, 0.3) is 0 Å². The van der Waals surface area contributed by atoms with E-state index < -0.39 is 97.5 Å². The number of phosphoric acid groups is 2. The Bertz CT molecular complexity index is 1860. The van der Waals surface area contributed by atoms with Crippen molar-refractivity contribution in [3.63, 3.8) is 0 Å². The Morgan fingerprint density at radius 3 is 0.708 bits per heavy atom. The molecule has 3 N–H and O–H groups in total. The second-order valence-electron chi connectivity index (χ2n) is 28.7. The van der Waals surface area contributed by atoms with E-state index >= 15 is 0 Å². The first-order chi connectivity index (χ1) is 46.4. The van der Waals surface area contributed by atoms with Gasteiger partial charge in [0.05, 0.1) is 26.4 Å². The van der Waals surface area contributed by atoms with E-state index in [0.29, 0.717) is 31.6 Å². The minimum absolute atomic E-state index is 0.105. The number of hydrogen-bond acceptors (Lipinski definition) is 15. The first-order valence-electron chi connectivity index (χ1n) is 40.0. The molecule has 96 heavy (non-hydrogen) atoms. The van der Waals surface area contributed by atoms with Crippen LogP contribution in [0.2, 0.25) is 0 Å². The smallest absolute Gasteiger partial charge is 0.462 e. The van der Waals surface area contributed by atoms with Crippen LogP contribution >= 0.6 is 15.6 Å². The quantitative estimate of drug-likeness (QED) is 0.0222. The van der Waals surface area contributed by atoms with Gasteiger partial charge >= 0.3 is 39.5 Å². The molecule has 5 atom stereocenters. The minimum atomic E-state index is -4.96. The van der Waals surface area contributed by atoms with Crippen molar-refractivity contribution in [2.24, 2.45) is 11.8 Å². The number of esters is 4. The first kappa shape index (κ1) is 94.1. The molecule has 0 radical (unpaired) electrons. The maximum absolute atomic E-state index is 13.1. The van der Waals surface area contributed by atoms with Gasteiger partial charge in [0, 0.05) is 25.7 Å². The summed E-state index contributed by atoms with van der Waals surface area (Å²) < 4.78 is 68.6. The Morgan fingerprint density at radius 2 is 0.479 bits per heavy atom. The molecule has 2 unspecified atom stereocenters. The number of hydrogen-bond donors (Lipinski definition) is 3. The summed E-state index contributed by atoms with van der Waals surface area (Å²) in [5.41, 5.74) is 0. The van der Waals surface area contributed by atoms with E-state index in [0.717, 1.165) is 102 Å². The van der Waals surface area contributed by atoms with Crippen molar-refractivity contribution >= 4 is 39.5 Å². The number of unbranched alkanes of at least 4 members (excludes halogenated alkanes) is 46. The second-order valence-corrected chi connectivity index (χ2v) is 31.6. The molecule has 0 aliphatic heterocycles. The van der Waals surface area contributed by atoms with Crippen molar-refractivity contribution in [3.05, 3.63) is 0 Å². The van der Waals surface area contributed by atoms with E-state index in [2.05, 4.69) is 41.5 Å². The van der Waals surface area contributed by atoms with Gasteiger partial charge in [-0.1, -0.05) is 350 Å². The zero-order chi connectivity index (χ0) is 70.7. The average molecular weight is 1410 g/mol. The highest BCUT2D eigenvalue weighted by molar-refractivity contribution is 7.47. The van der Waals surface area contributed by atoms with E-state index in [4.69, 9.17) is 37.0 Å². The van der Waals surface area contributed by atoms with Gasteiger partial charge in [-0.2, -0.15) is 0 Å². The third-order valence-electron chi connectivity index (χ3n) is 18.0. The first-order valence-corrected chi connectivity index (χ1v) is 43.0. The van der Waals surface area contributed by atoms with Gasteiger partial charge < -0.3 is 33.8 Å². The molecule has 17 nitrogen and oxygen atoms in total. The van der Waals surface area contributed by atoms with Gasteiger partial charge in [0.15, 0.2) is 12.2 Å². The Hall–Kier alpha value is -1.94. The molecule has 0 aromatic rings. The van der Waals surface area contributed by atoms with Crippen LogP contribution in [0.3, 0.4) is 0 Å². The van der Waals surface area contributed by atoms with Crippen molar-refractivity contribution in [3.8, 4) is 0 Å². The highest BCUT2D eigenvalue weighted by Gasteiger charge is 2.30.